The molecule has 1 atom stereocenters. The molecule has 9 heteroatoms. The van der Waals surface area contributed by atoms with E-state index in [0.717, 1.165) is 0 Å². The van der Waals surface area contributed by atoms with Crippen molar-refractivity contribution >= 4 is 23.6 Å². The van der Waals surface area contributed by atoms with Crippen LogP contribution >= 0.6 is 11.6 Å². The molecule has 3 rings (SSSR count). The number of benzene rings is 1. The van der Waals surface area contributed by atoms with Crippen LogP contribution in [-0.2, 0) is 9.53 Å². The second-order valence-electron chi connectivity index (χ2n) is 6.68. The van der Waals surface area contributed by atoms with Crippen LogP contribution in [0.15, 0.2) is 58.3 Å². The van der Waals surface area contributed by atoms with Crippen LogP contribution in [-0.4, -0.2) is 50.3 Å². The summed E-state index contributed by atoms with van der Waals surface area (Å²) in [6.07, 6.45) is 1.49. The summed E-state index contributed by atoms with van der Waals surface area (Å²) >= 11 is 6.10. The van der Waals surface area contributed by atoms with Gasteiger partial charge in [-0.15, -0.1) is 0 Å². The van der Waals surface area contributed by atoms with E-state index in [1.54, 1.807) is 31.2 Å². The molecule has 0 fully saturated rings. The lowest BCUT2D eigenvalue weighted by atomic mass is 10.00. The summed E-state index contributed by atoms with van der Waals surface area (Å²) in [6.45, 7) is 3.18. The first kappa shape index (κ1) is 21.7. The van der Waals surface area contributed by atoms with Crippen LogP contribution < -0.4 is 15.4 Å². The minimum atomic E-state index is -0.726. The van der Waals surface area contributed by atoms with E-state index in [1.165, 1.54) is 6.26 Å². The number of esters is 1. The van der Waals surface area contributed by atoms with Crippen molar-refractivity contribution in [2.24, 2.45) is 0 Å². The highest BCUT2D eigenvalue weighted by Gasteiger charge is 2.35. The third-order valence-electron chi connectivity index (χ3n) is 4.47. The first-order valence-electron chi connectivity index (χ1n) is 9.56. The van der Waals surface area contributed by atoms with Gasteiger partial charge in [0.1, 0.15) is 24.2 Å². The fraction of sp³-hybridized carbons (Fsp3) is 0.333. The Morgan fingerprint density at radius 3 is 2.77 bits per heavy atom. The minimum absolute atomic E-state index is 0.218. The van der Waals surface area contributed by atoms with Gasteiger partial charge >= 0.3 is 12.0 Å². The van der Waals surface area contributed by atoms with E-state index in [-0.39, 0.29) is 6.61 Å². The Bertz CT molecular complexity index is 913. The second-order valence-corrected chi connectivity index (χ2v) is 7.08. The topological polar surface area (TPSA) is 93.0 Å². The molecule has 2 heterocycles. The van der Waals surface area contributed by atoms with E-state index < -0.39 is 18.0 Å². The Kier molecular flexibility index (Phi) is 7.37. The standard InChI is InChI=1S/C21H24ClN3O5/c1-3-28-20(26)18-15(23-21(27)24-19(18)17-9-6-11-29-17)13-25(2)10-12-30-16-8-5-4-7-14(16)22/h4-9,11,19H,3,10,12-13H2,1-2H3,(H2,23,24,27)/t19-/m1/s1. The highest BCUT2D eigenvalue weighted by molar-refractivity contribution is 6.32. The minimum Gasteiger partial charge on any atom is -0.491 e. The van der Waals surface area contributed by atoms with Gasteiger partial charge in [0.25, 0.3) is 0 Å². The average molecular weight is 434 g/mol. The summed E-state index contributed by atoms with van der Waals surface area (Å²) in [6, 6.07) is 9.50. The number of likely N-dealkylation sites (N-methyl/N-ethyl adjacent to an activating group) is 1. The largest absolute Gasteiger partial charge is 0.491 e. The number of nitrogens with one attached hydrogen (secondary N) is 2. The number of rotatable bonds is 9. The van der Waals surface area contributed by atoms with Gasteiger partial charge in [0.2, 0.25) is 0 Å². The molecule has 0 unspecified atom stereocenters. The lowest BCUT2D eigenvalue weighted by Crippen LogP contribution is -2.48. The van der Waals surface area contributed by atoms with Gasteiger partial charge in [-0.3, -0.25) is 4.90 Å². The number of urea groups is 1. The van der Waals surface area contributed by atoms with Gasteiger partial charge in [-0.25, -0.2) is 9.59 Å². The monoisotopic (exact) mass is 433 g/mol. The van der Waals surface area contributed by atoms with Crippen LogP contribution in [0.1, 0.15) is 18.7 Å². The number of para-hydroxylation sites is 1. The van der Waals surface area contributed by atoms with E-state index in [4.69, 9.17) is 25.5 Å². The van der Waals surface area contributed by atoms with Crippen LogP contribution in [0.5, 0.6) is 5.75 Å². The fourth-order valence-electron chi connectivity index (χ4n) is 3.08. The maximum atomic E-state index is 12.7. The maximum absolute atomic E-state index is 12.7. The van der Waals surface area contributed by atoms with Crippen LogP contribution in [0.25, 0.3) is 0 Å². The number of amides is 2. The van der Waals surface area contributed by atoms with Gasteiger partial charge in [-0.2, -0.15) is 0 Å². The molecule has 1 aliphatic heterocycles. The number of carbonyl (C=O) groups excluding carboxylic acids is 2. The van der Waals surface area contributed by atoms with E-state index in [0.29, 0.717) is 47.5 Å². The van der Waals surface area contributed by atoms with Gasteiger partial charge in [0.15, 0.2) is 0 Å². The summed E-state index contributed by atoms with van der Waals surface area (Å²) in [5.74, 6) is 0.546. The predicted octanol–water partition coefficient (Wildman–Crippen LogP) is 3.11. The number of nitrogens with zero attached hydrogens (tertiary/aromatic N) is 1. The molecular weight excluding hydrogens is 410 g/mol. The lowest BCUT2D eigenvalue weighted by molar-refractivity contribution is -0.139. The highest BCUT2D eigenvalue weighted by Crippen LogP contribution is 2.28. The number of carbonyl (C=O) groups is 2. The Hall–Kier alpha value is -2.97. The molecule has 0 saturated heterocycles. The molecule has 1 aliphatic rings. The molecule has 30 heavy (non-hydrogen) atoms. The summed E-state index contributed by atoms with van der Waals surface area (Å²) < 4.78 is 16.4. The average Bonchev–Trinajstić information content (AvgIpc) is 3.24. The van der Waals surface area contributed by atoms with E-state index >= 15 is 0 Å². The van der Waals surface area contributed by atoms with Crippen LogP contribution in [0.3, 0.4) is 0 Å². The zero-order valence-corrected chi connectivity index (χ0v) is 17.6. The lowest BCUT2D eigenvalue weighted by Gasteiger charge is -2.30. The van der Waals surface area contributed by atoms with Gasteiger partial charge in [-0.1, -0.05) is 23.7 Å². The van der Waals surface area contributed by atoms with Gasteiger partial charge in [-0.05, 0) is 38.2 Å². The maximum Gasteiger partial charge on any atom is 0.338 e. The number of hydrogen-bond donors (Lipinski definition) is 2. The van der Waals surface area contributed by atoms with Crippen molar-refractivity contribution in [2.75, 3.05) is 33.4 Å². The summed E-state index contributed by atoms with van der Waals surface area (Å²) in [5.41, 5.74) is 0.768. The quantitative estimate of drug-likeness (QED) is 0.590. The molecule has 2 N–H and O–H groups in total. The Morgan fingerprint density at radius 2 is 2.07 bits per heavy atom. The van der Waals surface area contributed by atoms with Crippen molar-refractivity contribution in [2.45, 2.75) is 13.0 Å². The normalized spacial score (nSPS) is 16.3. The van der Waals surface area contributed by atoms with Crippen molar-refractivity contribution in [1.29, 1.82) is 0 Å². The zero-order chi connectivity index (χ0) is 21.5. The molecular formula is C21H24ClN3O5. The number of hydrogen-bond acceptors (Lipinski definition) is 6. The Balaban J connectivity index is 1.73. The van der Waals surface area contributed by atoms with Crippen molar-refractivity contribution < 1.29 is 23.5 Å². The van der Waals surface area contributed by atoms with E-state index in [2.05, 4.69) is 10.6 Å². The van der Waals surface area contributed by atoms with Crippen molar-refractivity contribution in [3.63, 3.8) is 0 Å². The number of furan rings is 1. The second kappa shape index (κ2) is 10.2. The van der Waals surface area contributed by atoms with E-state index in [1.807, 2.05) is 24.1 Å². The van der Waals surface area contributed by atoms with Crippen LogP contribution in [0.4, 0.5) is 4.79 Å². The molecule has 1 aromatic heterocycles. The van der Waals surface area contributed by atoms with Crippen molar-refractivity contribution in [1.82, 2.24) is 15.5 Å². The molecule has 0 saturated carbocycles. The Labute approximate surface area is 179 Å². The SMILES string of the molecule is CCOC(=O)C1=C(CN(C)CCOc2ccccc2Cl)NC(=O)N[C@@H]1c1ccco1. The third kappa shape index (κ3) is 5.34. The summed E-state index contributed by atoms with van der Waals surface area (Å²) in [5, 5.41) is 5.99. The first-order chi connectivity index (χ1) is 14.5. The molecule has 2 aromatic rings. The first-order valence-corrected chi connectivity index (χ1v) is 9.94. The predicted molar refractivity (Wildman–Crippen MR) is 111 cm³/mol. The van der Waals surface area contributed by atoms with Crippen LogP contribution in [0.2, 0.25) is 5.02 Å². The molecule has 160 valence electrons. The molecule has 0 bridgehead atoms. The molecule has 0 spiro atoms. The summed E-state index contributed by atoms with van der Waals surface area (Å²) in [4.78, 5) is 26.8. The van der Waals surface area contributed by atoms with Gasteiger partial charge < -0.3 is 24.5 Å². The number of halogens is 1. The number of ether oxygens (including phenoxy) is 2. The molecule has 8 nitrogen and oxygen atoms in total. The zero-order valence-electron chi connectivity index (χ0n) is 16.8. The van der Waals surface area contributed by atoms with Crippen molar-refractivity contribution in [3.05, 3.63) is 64.7 Å². The third-order valence-corrected chi connectivity index (χ3v) is 4.78. The van der Waals surface area contributed by atoms with Gasteiger partial charge in [0, 0.05) is 18.8 Å². The molecule has 0 radical (unpaired) electrons. The fourth-order valence-corrected chi connectivity index (χ4v) is 3.27. The highest BCUT2D eigenvalue weighted by atomic mass is 35.5. The Morgan fingerprint density at radius 1 is 1.27 bits per heavy atom. The summed E-state index contributed by atoms with van der Waals surface area (Å²) in [7, 11) is 1.86. The molecule has 2 amide bonds. The van der Waals surface area contributed by atoms with Crippen LogP contribution in [0, 0.1) is 0 Å². The molecule has 0 aliphatic carbocycles. The van der Waals surface area contributed by atoms with Gasteiger partial charge in [0.05, 0.1) is 23.5 Å². The molecule has 1 aromatic carbocycles. The van der Waals surface area contributed by atoms with E-state index in [9.17, 15) is 9.59 Å². The van der Waals surface area contributed by atoms with Crippen molar-refractivity contribution in [3.8, 4) is 5.75 Å². The smallest absolute Gasteiger partial charge is 0.338 e.